The molecule has 1 fully saturated rings. The molecule has 1 aliphatic carbocycles. The molecule has 1 saturated carbocycles. The molecule has 1 aromatic carbocycles. The number of rotatable bonds is 5. The third kappa shape index (κ3) is 3.89. The van der Waals surface area contributed by atoms with E-state index in [0.717, 1.165) is 18.2 Å². The van der Waals surface area contributed by atoms with Gasteiger partial charge >= 0.3 is 0 Å². The summed E-state index contributed by atoms with van der Waals surface area (Å²) >= 11 is 0. The summed E-state index contributed by atoms with van der Waals surface area (Å²) in [6.45, 7) is 0.998. The van der Waals surface area contributed by atoms with Crippen LogP contribution in [-0.2, 0) is 10.0 Å². The van der Waals surface area contributed by atoms with E-state index in [1.54, 1.807) is 12.1 Å². The zero-order chi connectivity index (χ0) is 15.5. The molecule has 0 unspecified atom stereocenters. The Morgan fingerprint density at radius 1 is 1.29 bits per heavy atom. The summed E-state index contributed by atoms with van der Waals surface area (Å²) in [6.07, 6.45) is 6.56. The molecule has 0 radical (unpaired) electrons. The van der Waals surface area contributed by atoms with Gasteiger partial charge in [-0.15, -0.1) is 0 Å². The minimum Gasteiger partial charge on any atom is -0.398 e. The van der Waals surface area contributed by atoms with Crippen LogP contribution in [0.4, 0.5) is 11.4 Å². The summed E-state index contributed by atoms with van der Waals surface area (Å²) in [7, 11) is -0.0679. The third-order valence-electron chi connectivity index (χ3n) is 4.25. The second-order valence-corrected chi connectivity index (χ2v) is 7.67. The quantitative estimate of drug-likeness (QED) is 0.817. The molecule has 2 rings (SSSR count). The molecule has 6 heteroatoms. The summed E-state index contributed by atoms with van der Waals surface area (Å²) in [5, 5.41) is 0. The van der Waals surface area contributed by atoms with Crippen LogP contribution in [0.1, 0.15) is 32.1 Å². The Balaban J connectivity index is 2.12. The van der Waals surface area contributed by atoms with Crippen molar-refractivity contribution in [2.24, 2.45) is 5.92 Å². The highest BCUT2D eigenvalue weighted by Crippen LogP contribution is 2.28. The van der Waals surface area contributed by atoms with Crippen molar-refractivity contribution in [2.75, 3.05) is 31.3 Å². The first-order valence-corrected chi connectivity index (χ1v) is 8.96. The van der Waals surface area contributed by atoms with Gasteiger partial charge in [0, 0.05) is 19.3 Å². The molecule has 21 heavy (non-hydrogen) atoms. The van der Waals surface area contributed by atoms with Gasteiger partial charge in [-0.05, 0) is 44.0 Å². The average molecular weight is 311 g/mol. The highest BCUT2D eigenvalue weighted by Gasteiger charge is 2.18. The number of benzene rings is 1. The molecule has 0 spiro atoms. The van der Waals surface area contributed by atoms with Crippen molar-refractivity contribution in [3.8, 4) is 0 Å². The first-order chi connectivity index (χ1) is 9.94. The van der Waals surface area contributed by atoms with E-state index in [-0.39, 0.29) is 10.6 Å². The fourth-order valence-electron chi connectivity index (χ4n) is 2.99. The van der Waals surface area contributed by atoms with Crippen molar-refractivity contribution in [1.29, 1.82) is 0 Å². The molecule has 0 bridgehead atoms. The highest BCUT2D eigenvalue weighted by atomic mass is 32.2. The van der Waals surface area contributed by atoms with Crippen molar-refractivity contribution < 1.29 is 8.42 Å². The molecule has 0 aliphatic heterocycles. The van der Waals surface area contributed by atoms with Crippen LogP contribution in [0.5, 0.6) is 0 Å². The molecule has 5 nitrogen and oxygen atoms in total. The van der Waals surface area contributed by atoms with E-state index < -0.39 is 10.0 Å². The Kier molecular flexibility index (Phi) is 5.11. The van der Waals surface area contributed by atoms with E-state index in [4.69, 9.17) is 5.73 Å². The molecule has 118 valence electrons. The lowest BCUT2D eigenvalue weighted by atomic mass is 9.89. The summed E-state index contributed by atoms with van der Waals surface area (Å²) < 4.78 is 25.9. The number of sulfonamides is 1. The number of hydrogen-bond donors (Lipinski definition) is 2. The first-order valence-electron chi connectivity index (χ1n) is 7.48. The largest absolute Gasteiger partial charge is 0.398 e. The van der Waals surface area contributed by atoms with E-state index in [2.05, 4.69) is 9.62 Å². The van der Waals surface area contributed by atoms with E-state index in [1.807, 2.05) is 13.1 Å². The Labute approximate surface area is 127 Å². The number of nitrogens with zero attached hydrogens (tertiary/aromatic N) is 1. The van der Waals surface area contributed by atoms with Crippen LogP contribution >= 0.6 is 0 Å². The number of nitrogens with two attached hydrogens (primary N) is 1. The molecule has 0 saturated heterocycles. The van der Waals surface area contributed by atoms with Crippen molar-refractivity contribution in [1.82, 2.24) is 4.72 Å². The van der Waals surface area contributed by atoms with Gasteiger partial charge in [0.1, 0.15) is 4.90 Å². The van der Waals surface area contributed by atoms with Crippen LogP contribution < -0.4 is 15.4 Å². The highest BCUT2D eigenvalue weighted by molar-refractivity contribution is 7.89. The fourth-order valence-corrected chi connectivity index (χ4v) is 3.83. The second kappa shape index (κ2) is 6.66. The molecule has 1 aromatic rings. The maximum Gasteiger partial charge on any atom is 0.242 e. The topological polar surface area (TPSA) is 75.4 Å². The maximum atomic E-state index is 11.8. The molecule has 0 aromatic heterocycles. The van der Waals surface area contributed by atoms with Gasteiger partial charge in [0.25, 0.3) is 0 Å². The van der Waals surface area contributed by atoms with Crippen LogP contribution in [0.2, 0.25) is 0 Å². The van der Waals surface area contributed by atoms with Gasteiger partial charge < -0.3 is 10.6 Å². The number of nitrogen functional groups attached to an aromatic ring is 1. The van der Waals surface area contributed by atoms with Crippen molar-refractivity contribution in [3.05, 3.63) is 18.2 Å². The Morgan fingerprint density at radius 3 is 2.52 bits per heavy atom. The van der Waals surface area contributed by atoms with E-state index >= 15 is 0 Å². The van der Waals surface area contributed by atoms with Crippen LogP contribution in [0.25, 0.3) is 0 Å². The van der Waals surface area contributed by atoms with E-state index in [0.29, 0.717) is 0 Å². The maximum absolute atomic E-state index is 11.8. The normalized spacial score (nSPS) is 16.9. The summed E-state index contributed by atoms with van der Waals surface area (Å²) in [6, 6.07) is 5.14. The van der Waals surface area contributed by atoms with Crippen LogP contribution in [-0.4, -0.2) is 29.1 Å². The second-order valence-electron chi connectivity index (χ2n) is 5.81. The number of anilines is 2. The van der Waals surface area contributed by atoms with Crippen LogP contribution in [0.3, 0.4) is 0 Å². The average Bonchev–Trinajstić information content (AvgIpc) is 2.48. The van der Waals surface area contributed by atoms with Gasteiger partial charge in [-0.3, -0.25) is 0 Å². The van der Waals surface area contributed by atoms with E-state index in [1.165, 1.54) is 39.2 Å². The molecular formula is C15H25N3O2S. The summed E-state index contributed by atoms with van der Waals surface area (Å²) in [4.78, 5) is 2.31. The number of nitrogens with one attached hydrogen (secondary N) is 1. The van der Waals surface area contributed by atoms with Crippen molar-refractivity contribution in [3.63, 3.8) is 0 Å². The smallest absolute Gasteiger partial charge is 0.242 e. The Hall–Kier alpha value is -1.27. The van der Waals surface area contributed by atoms with Crippen LogP contribution in [0, 0.1) is 5.92 Å². The molecular weight excluding hydrogens is 286 g/mol. The lowest BCUT2D eigenvalue weighted by Gasteiger charge is -2.28. The van der Waals surface area contributed by atoms with E-state index in [9.17, 15) is 8.42 Å². The van der Waals surface area contributed by atoms with Crippen molar-refractivity contribution >= 4 is 21.4 Å². The zero-order valence-corrected chi connectivity index (χ0v) is 13.6. The fraction of sp³-hybridized carbons (Fsp3) is 0.600. The molecule has 3 N–H and O–H groups in total. The van der Waals surface area contributed by atoms with Gasteiger partial charge in [0.2, 0.25) is 10.0 Å². The first kappa shape index (κ1) is 16.1. The minimum absolute atomic E-state index is 0.139. The van der Waals surface area contributed by atoms with Gasteiger partial charge in [-0.25, -0.2) is 13.1 Å². The Bertz CT molecular complexity index is 581. The Morgan fingerprint density at radius 2 is 1.95 bits per heavy atom. The molecule has 1 aliphatic rings. The minimum atomic E-state index is -3.49. The number of hydrogen-bond acceptors (Lipinski definition) is 4. The summed E-state index contributed by atoms with van der Waals surface area (Å²) in [5.74, 6) is 0.727. The SMILES string of the molecule is CNS(=O)(=O)c1ccc(N(C)CC2CCCCC2)cc1N. The third-order valence-corrected chi connectivity index (χ3v) is 5.74. The van der Waals surface area contributed by atoms with Gasteiger partial charge in [0.15, 0.2) is 0 Å². The predicted octanol–water partition coefficient (Wildman–Crippen LogP) is 2.19. The molecule has 0 amide bonds. The monoisotopic (exact) mass is 311 g/mol. The lowest BCUT2D eigenvalue weighted by Crippen LogP contribution is -2.27. The van der Waals surface area contributed by atoms with Gasteiger partial charge in [0.05, 0.1) is 5.69 Å². The van der Waals surface area contributed by atoms with Crippen LogP contribution in [0.15, 0.2) is 23.1 Å². The molecule has 0 heterocycles. The zero-order valence-electron chi connectivity index (χ0n) is 12.8. The van der Waals surface area contributed by atoms with Crippen molar-refractivity contribution in [2.45, 2.75) is 37.0 Å². The lowest BCUT2D eigenvalue weighted by molar-refractivity contribution is 0.362. The van der Waals surface area contributed by atoms with Gasteiger partial charge in [-0.1, -0.05) is 19.3 Å². The predicted molar refractivity (Wildman–Crippen MR) is 86.9 cm³/mol. The summed E-state index contributed by atoms with van der Waals surface area (Å²) in [5.41, 5.74) is 7.16. The van der Waals surface area contributed by atoms with Gasteiger partial charge in [-0.2, -0.15) is 0 Å². The standard InChI is InChI=1S/C15H25N3O2S/c1-17-21(19,20)15-9-8-13(10-14(15)16)18(2)11-12-6-4-3-5-7-12/h8-10,12,17H,3-7,11,16H2,1-2H3. The molecule has 0 atom stereocenters.